The summed E-state index contributed by atoms with van der Waals surface area (Å²) in [6.45, 7) is 1.85. The van der Waals surface area contributed by atoms with Gasteiger partial charge in [0.2, 0.25) is 23.6 Å². The number of ketones is 1. The Kier molecular flexibility index (Phi) is 7.19. The quantitative estimate of drug-likeness (QED) is 0.146. The molecule has 4 aromatic carbocycles. The summed E-state index contributed by atoms with van der Waals surface area (Å²) in [7, 11) is 0. The van der Waals surface area contributed by atoms with Crippen molar-refractivity contribution in [3.05, 3.63) is 143 Å². The van der Waals surface area contributed by atoms with Crippen LogP contribution in [-0.4, -0.2) is 34.5 Å². The van der Waals surface area contributed by atoms with Crippen LogP contribution in [0.25, 0.3) is 0 Å². The Morgan fingerprint density at radius 2 is 1.44 bits per heavy atom. The molecule has 9 rings (SSSR count). The number of para-hydroxylation sites is 1. The molecule has 3 heterocycles. The van der Waals surface area contributed by atoms with Gasteiger partial charge in [-0.3, -0.25) is 28.9 Å². The number of anilines is 2. The number of ether oxygens (including phenoxy) is 1. The standard InChI is InChI=1S/C43H34N2O7/c1-43-34(40(49)45(42(43)51)28-10-6-3-7-11-28)22-33-31(37(43)27-20-26-21-30(46)16-19-35(26)52-23-27)17-18-32-36(33)41(50)44(39(32)48)29-14-12-25(13-15-29)38(47)24-8-4-2-5-9-24/h2-17,19,21,23,32-34,36-37,46H,18,20,22H2,1H3/t32-,33+,34-,36-,37-,43+/m0/s1. The number of carbonyl (C=O) groups is 5. The van der Waals surface area contributed by atoms with Crippen LogP contribution < -0.4 is 14.5 Å². The summed E-state index contributed by atoms with van der Waals surface area (Å²) in [5.41, 5.74) is 3.03. The molecule has 0 aromatic heterocycles. The molecule has 258 valence electrons. The number of benzene rings is 4. The largest absolute Gasteiger partial charge is 0.508 e. The maximum atomic E-state index is 14.7. The second-order valence-corrected chi connectivity index (χ2v) is 14.5. The molecule has 52 heavy (non-hydrogen) atoms. The zero-order valence-corrected chi connectivity index (χ0v) is 28.3. The Balaban J connectivity index is 1.10. The number of rotatable bonds is 5. The van der Waals surface area contributed by atoms with Crippen molar-refractivity contribution in [2.24, 2.45) is 35.0 Å². The summed E-state index contributed by atoms with van der Waals surface area (Å²) in [5.74, 6) is -4.01. The highest BCUT2D eigenvalue weighted by molar-refractivity contribution is 6.25. The van der Waals surface area contributed by atoms with E-state index in [1.165, 1.54) is 9.80 Å². The van der Waals surface area contributed by atoms with Gasteiger partial charge in [-0.15, -0.1) is 0 Å². The number of hydrogen-bond donors (Lipinski definition) is 1. The molecule has 4 amide bonds. The summed E-state index contributed by atoms with van der Waals surface area (Å²) in [6.07, 6.45) is 4.56. The minimum absolute atomic E-state index is 0.0870. The van der Waals surface area contributed by atoms with Gasteiger partial charge in [-0.2, -0.15) is 0 Å². The van der Waals surface area contributed by atoms with Crippen molar-refractivity contribution in [1.82, 2.24) is 0 Å². The molecule has 1 saturated carbocycles. The summed E-state index contributed by atoms with van der Waals surface area (Å²) in [6, 6.07) is 29.2. The minimum atomic E-state index is -1.20. The van der Waals surface area contributed by atoms with Gasteiger partial charge >= 0.3 is 0 Å². The van der Waals surface area contributed by atoms with Crippen molar-refractivity contribution in [3.8, 4) is 11.5 Å². The Morgan fingerprint density at radius 3 is 2.17 bits per heavy atom. The number of carbonyl (C=O) groups excluding carboxylic acids is 5. The zero-order valence-electron chi connectivity index (χ0n) is 28.3. The van der Waals surface area contributed by atoms with Crippen LogP contribution in [0.3, 0.4) is 0 Å². The van der Waals surface area contributed by atoms with Gasteiger partial charge in [-0.05, 0) is 85.9 Å². The number of imide groups is 2. The molecule has 3 aliphatic heterocycles. The molecule has 9 nitrogen and oxygen atoms in total. The summed E-state index contributed by atoms with van der Waals surface area (Å²) >= 11 is 0. The first-order valence-corrected chi connectivity index (χ1v) is 17.5. The first-order valence-electron chi connectivity index (χ1n) is 17.5. The van der Waals surface area contributed by atoms with E-state index in [1.807, 2.05) is 25.1 Å². The van der Waals surface area contributed by atoms with E-state index in [1.54, 1.807) is 97.3 Å². The molecule has 3 fully saturated rings. The molecule has 5 aliphatic rings. The molecular weight excluding hydrogens is 656 g/mol. The van der Waals surface area contributed by atoms with Crippen molar-refractivity contribution in [1.29, 1.82) is 0 Å². The van der Waals surface area contributed by atoms with Crippen molar-refractivity contribution >= 4 is 40.8 Å². The molecule has 9 heteroatoms. The average molecular weight is 691 g/mol. The molecule has 2 saturated heterocycles. The summed E-state index contributed by atoms with van der Waals surface area (Å²) in [5, 5.41) is 10.3. The van der Waals surface area contributed by atoms with Gasteiger partial charge < -0.3 is 9.84 Å². The Morgan fingerprint density at radius 1 is 0.769 bits per heavy atom. The molecule has 6 atom stereocenters. The maximum absolute atomic E-state index is 14.7. The monoisotopic (exact) mass is 690 g/mol. The Labute approximate surface area is 299 Å². The molecule has 0 spiro atoms. The number of nitrogens with zero attached hydrogens (tertiary/aromatic N) is 2. The van der Waals surface area contributed by atoms with Crippen LogP contribution in [-0.2, 0) is 25.6 Å². The summed E-state index contributed by atoms with van der Waals surface area (Å²) < 4.78 is 6.08. The lowest BCUT2D eigenvalue weighted by Crippen LogP contribution is -2.51. The molecular formula is C43H34N2O7. The first kappa shape index (κ1) is 31.9. The third-order valence-corrected chi connectivity index (χ3v) is 11.9. The number of fused-ring (bicyclic) bond motifs is 5. The van der Waals surface area contributed by atoms with Crippen molar-refractivity contribution < 1.29 is 33.8 Å². The van der Waals surface area contributed by atoms with Crippen LogP contribution in [0.2, 0.25) is 0 Å². The van der Waals surface area contributed by atoms with Crippen molar-refractivity contribution in [2.45, 2.75) is 26.2 Å². The lowest BCUT2D eigenvalue weighted by molar-refractivity contribution is -0.132. The van der Waals surface area contributed by atoms with E-state index in [0.29, 0.717) is 41.1 Å². The van der Waals surface area contributed by atoms with Gasteiger partial charge in [0.25, 0.3) is 0 Å². The molecule has 0 bridgehead atoms. The van der Waals surface area contributed by atoms with E-state index in [0.717, 1.165) is 16.7 Å². The van der Waals surface area contributed by atoms with Gasteiger partial charge in [0, 0.05) is 29.0 Å². The highest BCUT2D eigenvalue weighted by Gasteiger charge is 2.68. The topological polar surface area (TPSA) is 121 Å². The van der Waals surface area contributed by atoms with Gasteiger partial charge in [0.15, 0.2) is 5.78 Å². The SMILES string of the molecule is C[C@@]12C(=O)N(c3ccccc3)C(=O)[C@@H]1C[C@@H]1C(=CC[C@@H]3C(=O)N(c4ccc(C(=O)c5ccccc5)cc4)C(=O)[C@@H]31)[C@@H]2C1=COc2ccc(O)cc2C1. The lowest BCUT2D eigenvalue weighted by Gasteiger charge is -2.49. The predicted octanol–water partition coefficient (Wildman–Crippen LogP) is 6.41. The molecule has 0 radical (unpaired) electrons. The molecule has 0 unspecified atom stereocenters. The zero-order chi connectivity index (χ0) is 35.9. The minimum Gasteiger partial charge on any atom is -0.508 e. The van der Waals surface area contributed by atoms with E-state index >= 15 is 0 Å². The van der Waals surface area contributed by atoms with Gasteiger partial charge in [-0.25, -0.2) is 4.90 Å². The number of hydrogen-bond acceptors (Lipinski definition) is 7. The number of allylic oxidation sites excluding steroid dienone is 3. The van der Waals surface area contributed by atoms with Crippen molar-refractivity contribution in [2.75, 3.05) is 9.80 Å². The van der Waals surface area contributed by atoms with Crippen LogP contribution in [0.4, 0.5) is 11.4 Å². The third kappa shape index (κ3) is 4.58. The van der Waals surface area contributed by atoms with Crippen LogP contribution in [0.15, 0.2) is 127 Å². The van der Waals surface area contributed by atoms with Crippen molar-refractivity contribution in [3.63, 3.8) is 0 Å². The van der Waals surface area contributed by atoms with Gasteiger partial charge in [-0.1, -0.05) is 60.2 Å². The first-order chi connectivity index (χ1) is 25.2. The Bertz CT molecular complexity index is 2260. The van der Waals surface area contributed by atoms with E-state index in [-0.39, 0.29) is 41.6 Å². The number of aromatic hydroxyl groups is 1. The van der Waals surface area contributed by atoms with Gasteiger partial charge in [0.1, 0.15) is 11.5 Å². The highest BCUT2D eigenvalue weighted by Crippen LogP contribution is 2.63. The van der Waals surface area contributed by atoms with E-state index in [4.69, 9.17) is 4.74 Å². The average Bonchev–Trinajstić information content (AvgIpc) is 3.54. The van der Waals surface area contributed by atoms with Crippen LogP contribution >= 0.6 is 0 Å². The number of phenolic OH excluding ortho intramolecular Hbond substituents is 1. The van der Waals surface area contributed by atoms with E-state index in [9.17, 15) is 29.1 Å². The Hall–Kier alpha value is -6.09. The van der Waals surface area contributed by atoms with Crippen LogP contribution in [0.1, 0.15) is 41.3 Å². The smallest absolute Gasteiger partial charge is 0.241 e. The lowest BCUT2D eigenvalue weighted by atomic mass is 9.51. The number of amides is 4. The third-order valence-electron chi connectivity index (χ3n) is 11.9. The molecule has 1 N–H and O–H groups in total. The maximum Gasteiger partial charge on any atom is 0.241 e. The second kappa shape index (κ2) is 11.7. The fourth-order valence-electron chi connectivity index (χ4n) is 9.44. The predicted molar refractivity (Wildman–Crippen MR) is 191 cm³/mol. The normalized spacial score (nSPS) is 27.6. The fourth-order valence-corrected chi connectivity index (χ4v) is 9.44. The van der Waals surface area contributed by atoms with E-state index < -0.39 is 35.0 Å². The highest BCUT2D eigenvalue weighted by atomic mass is 16.5. The van der Waals surface area contributed by atoms with Gasteiger partial charge in [0.05, 0.1) is 40.8 Å². The van der Waals surface area contributed by atoms with Crippen LogP contribution in [0, 0.1) is 35.0 Å². The fraction of sp³-hybridized carbons (Fsp3) is 0.233. The molecule has 4 aromatic rings. The second-order valence-electron chi connectivity index (χ2n) is 14.5. The summed E-state index contributed by atoms with van der Waals surface area (Å²) in [4.78, 5) is 73.3. The van der Waals surface area contributed by atoms with E-state index in [2.05, 4.69) is 0 Å². The van der Waals surface area contributed by atoms with Crippen LogP contribution in [0.5, 0.6) is 11.5 Å². The molecule has 2 aliphatic carbocycles. The number of phenols is 1.